The molecule has 0 N–H and O–H groups in total. The molecule has 0 spiro atoms. The van der Waals surface area contributed by atoms with Gasteiger partial charge in [0.15, 0.2) is 0 Å². The monoisotopic (exact) mass is 409 g/mol. The van der Waals surface area contributed by atoms with Crippen LogP contribution in [0.2, 0.25) is 0 Å². The molecule has 4 aromatic carbocycles. The molecule has 0 amide bonds. The van der Waals surface area contributed by atoms with E-state index in [0.29, 0.717) is 0 Å². The quantitative estimate of drug-likeness (QED) is 0.301. The molecule has 148 valence electrons. The maximum atomic E-state index is 5.94. The zero-order chi connectivity index (χ0) is 20.8. The van der Waals surface area contributed by atoms with Crippen LogP contribution in [0, 0.1) is 13.8 Å². The predicted octanol–water partition coefficient (Wildman–Crippen LogP) is 8.00. The Labute approximate surface area is 182 Å². The molecule has 0 aliphatic heterocycles. The van der Waals surface area contributed by atoms with E-state index in [4.69, 9.17) is 4.74 Å². The summed E-state index contributed by atoms with van der Waals surface area (Å²) in [6, 6.07) is 32.9. The summed E-state index contributed by atoms with van der Waals surface area (Å²) in [5.41, 5.74) is 4.36. The van der Waals surface area contributed by atoms with Crippen molar-refractivity contribution in [2.75, 3.05) is 0 Å². The van der Waals surface area contributed by atoms with Crippen LogP contribution in [0.4, 0.5) is 5.69 Å². The maximum absolute atomic E-state index is 5.94. The molecule has 4 rings (SSSR count). The van der Waals surface area contributed by atoms with Crippen molar-refractivity contribution >= 4 is 23.7 Å². The Bertz CT molecular complexity index is 1130. The summed E-state index contributed by atoms with van der Waals surface area (Å²) in [4.78, 5) is 7.04. The first-order valence-electron chi connectivity index (χ1n) is 9.88. The van der Waals surface area contributed by atoms with Gasteiger partial charge in [-0.15, -0.1) is 0 Å². The Kier molecular flexibility index (Phi) is 6.31. The lowest BCUT2D eigenvalue weighted by molar-refractivity contribution is 0.479. The van der Waals surface area contributed by atoms with E-state index in [9.17, 15) is 0 Å². The van der Waals surface area contributed by atoms with Gasteiger partial charge < -0.3 is 4.74 Å². The van der Waals surface area contributed by atoms with Crippen molar-refractivity contribution in [3.63, 3.8) is 0 Å². The van der Waals surface area contributed by atoms with E-state index in [1.165, 1.54) is 15.4 Å². The van der Waals surface area contributed by atoms with Gasteiger partial charge in [-0.1, -0.05) is 59.8 Å². The first kappa shape index (κ1) is 20.0. The molecular weight excluding hydrogens is 386 g/mol. The van der Waals surface area contributed by atoms with Crippen LogP contribution in [0.3, 0.4) is 0 Å². The molecule has 30 heavy (non-hydrogen) atoms. The molecule has 0 aliphatic carbocycles. The molecule has 0 bridgehead atoms. The molecule has 0 radical (unpaired) electrons. The lowest BCUT2D eigenvalue weighted by Gasteiger charge is -2.08. The van der Waals surface area contributed by atoms with Crippen molar-refractivity contribution < 1.29 is 4.74 Å². The number of rotatable bonds is 6. The average Bonchev–Trinajstić information content (AvgIpc) is 2.77. The highest BCUT2D eigenvalue weighted by atomic mass is 32.2. The SMILES string of the molecule is Cc1ccc(Sc2ccc(C=Nc3ccc(Oc4ccccc4C)cc3)cc2)cc1. The van der Waals surface area contributed by atoms with E-state index in [0.717, 1.165) is 28.3 Å². The van der Waals surface area contributed by atoms with Crippen LogP contribution >= 0.6 is 11.8 Å². The van der Waals surface area contributed by atoms with Gasteiger partial charge in [-0.3, -0.25) is 4.99 Å². The summed E-state index contributed by atoms with van der Waals surface area (Å²) >= 11 is 1.76. The standard InChI is InChI=1S/C27H23NOS/c1-20-7-15-25(16-8-20)30-26-17-9-22(10-18-26)19-28-23-11-13-24(14-12-23)29-27-6-4-3-5-21(27)2/h3-19H,1-2H3. The smallest absolute Gasteiger partial charge is 0.130 e. The lowest BCUT2D eigenvalue weighted by Crippen LogP contribution is -1.86. The highest BCUT2D eigenvalue weighted by molar-refractivity contribution is 7.99. The summed E-state index contributed by atoms with van der Waals surface area (Å²) < 4.78 is 5.94. The number of para-hydroxylation sites is 1. The summed E-state index contributed by atoms with van der Waals surface area (Å²) in [7, 11) is 0. The van der Waals surface area contributed by atoms with Gasteiger partial charge in [0, 0.05) is 16.0 Å². The van der Waals surface area contributed by atoms with Gasteiger partial charge in [0.05, 0.1) is 5.69 Å². The zero-order valence-electron chi connectivity index (χ0n) is 17.1. The fraction of sp³-hybridized carbons (Fsp3) is 0.0741. The topological polar surface area (TPSA) is 21.6 Å². The molecule has 0 aromatic heterocycles. The fourth-order valence-corrected chi connectivity index (χ4v) is 3.73. The van der Waals surface area contributed by atoms with Crippen LogP contribution in [0.25, 0.3) is 0 Å². The Morgan fingerprint density at radius 2 is 1.33 bits per heavy atom. The maximum Gasteiger partial charge on any atom is 0.130 e. The number of nitrogens with zero attached hydrogens (tertiary/aromatic N) is 1. The summed E-state index contributed by atoms with van der Waals surface area (Å²) in [6.45, 7) is 4.14. The Hall–Kier alpha value is -3.30. The van der Waals surface area contributed by atoms with Crippen LogP contribution < -0.4 is 4.74 Å². The highest BCUT2D eigenvalue weighted by Gasteiger charge is 2.01. The van der Waals surface area contributed by atoms with E-state index in [1.54, 1.807) is 11.8 Å². The summed E-state index contributed by atoms with van der Waals surface area (Å²) in [5, 5.41) is 0. The van der Waals surface area contributed by atoms with Crippen molar-refractivity contribution in [2.45, 2.75) is 23.6 Å². The molecule has 0 unspecified atom stereocenters. The van der Waals surface area contributed by atoms with Gasteiger partial charge in [-0.2, -0.15) is 0 Å². The molecule has 0 saturated heterocycles. The second-order valence-electron chi connectivity index (χ2n) is 7.10. The van der Waals surface area contributed by atoms with Crippen molar-refractivity contribution in [3.05, 3.63) is 114 Å². The third-order valence-corrected chi connectivity index (χ3v) is 5.67. The van der Waals surface area contributed by atoms with E-state index in [1.807, 2.05) is 61.7 Å². The van der Waals surface area contributed by atoms with Crippen LogP contribution in [0.1, 0.15) is 16.7 Å². The van der Waals surface area contributed by atoms with Crippen LogP contribution in [-0.4, -0.2) is 6.21 Å². The van der Waals surface area contributed by atoms with E-state index in [2.05, 4.69) is 60.4 Å². The lowest BCUT2D eigenvalue weighted by atomic mass is 10.2. The van der Waals surface area contributed by atoms with Gasteiger partial charge in [-0.25, -0.2) is 0 Å². The molecule has 0 fully saturated rings. The normalized spacial score (nSPS) is 11.0. The molecule has 0 atom stereocenters. The predicted molar refractivity (Wildman–Crippen MR) is 127 cm³/mol. The minimum atomic E-state index is 0.806. The third kappa shape index (κ3) is 5.40. The molecule has 0 heterocycles. The number of aliphatic imine (C=N–C) groups is 1. The van der Waals surface area contributed by atoms with Crippen LogP contribution in [-0.2, 0) is 0 Å². The van der Waals surface area contributed by atoms with Gasteiger partial charge in [0.25, 0.3) is 0 Å². The highest BCUT2D eigenvalue weighted by Crippen LogP contribution is 2.28. The van der Waals surface area contributed by atoms with E-state index in [-0.39, 0.29) is 0 Å². The van der Waals surface area contributed by atoms with Gasteiger partial charge in [-0.05, 0) is 79.6 Å². The van der Waals surface area contributed by atoms with Crippen molar-refractivity contribution in [1.29, 1.82) is 0 Å². The zero-order valence-corrected chi connectivity index (χ0v) is 17.9. The second kappa shape index (κ2) is 9.47. The summed E-state index contributed by atoms with van der Waals surface area (Å²) in [6.07, 6.45) is 1.89. The number of hydrogen-bond donors (Lipinski definition) is 0. The molecule has 0 saturated carbocycles. The Morgan fingerprint density at radius 1 is 0.700 bits per heavy atom. The van der Waals surface area contributed by atoms with Gasteiger partial charge >= 0.3 is 0 Å². The first-order valence-corrected chi connectivity index (χ1v) is 10.7. The van der Waals surface area contributed by atoms with Gasteiger partial charge in [0.1, 0.15) is 11.5 Å². The van der Waals surface area contributed by atoms with Crippen molar-refractivity contribution in [3.8, 4) is 11.5 Å². The van der Waals surface area contributed by atoms with E-state index >= 15 is 0 Å². The third-order valence-electron chi connectivity index (χ3n) is 4.66. The Balaban J connectivity index is 1.37. The fourth-order valence-electron chi connectivity index (χ4n) is 2.91. The second-order valence-corrected chi connectivity index (χ2v) is 8.25. The molecule has 3 heteroatoms. The average molecular weight is 410 g/mol. The summed E-state index contributed by atoms with van der Waals surface area (Å²) in [5.74, 6) is 1.68. The number of benzene rings is 4. The van der Waals surface area contributed by atoms with Crippen LogP contribution in [0.15, 0.2) is 112 Å². The number of ether oxygens (including phenoxy) is 1. The molecule has 4 aromatic rings. The largest absolute Gasteiger partial charge is 0.457 e. The number of aryl methyl sites for hydroxylation is 2. The minimum absolute atomic E-state index is 0.806. The molecule has 2 nitrogen and oxygen atoms in total. The van der Waals surface area contributed by atoms with Gasteiger partial charge in [0.2, 0.25) is 0 Å². The number of hydrogen-bond acceptors (Lipinski definition) is 3. The van der Waals surface area contributed by atoms with E-state index < -0.39 is 0 Å². The Morgan fingerprint density at radius 3 is 2.00 bits per heavy atom. The van der Waals surface area contributed by atoms with Crippen molar-refractivity contribution in [1.82, 2.24) is 0 Å². The van der Waals surface area contributed by atoms with Crippen LogP contribution in [0.5, 0.6) is 11.5 Å². The van der Waals surface area contributed by atoms with Crippen molar-refractivity contribution in [2.24, 2.45) is 4.99 Å². The minimum Gasteiger partial charge on any atom is -0.457 e. The molecular formula is C27H23NOS. The first-order chi connectivity index (χ1) is 14.7. The molecule has 0 aliphatic rings.